The second-order valence-corrected chi connectivity index (χ2v) is 20.9. The number of anilines is 4. The number of aldehydes is 1. The molecule has 4 fully saturated rings. The van der Waals surface area contributed by atoms with Gasteiger partial charge in [-0.05, 0) is 161 Å². The van der Waals surface area contributed by atoms with Gasteiger partial charge in [0, 0.05) is 86.7 Å². The van der Waals surface area contributed by atoms with Crippen molar-refractivity contribution in [2.24, 2.45) is 0 Å². The molecule has 0 saturated carbocycles. The SMILES string of the molecule is C.Cc1cc(C)c(-c2nc3cc(N4CCCC4)ncc3[nH]2)cc1C(=O)N1CCC(c2ccc(C#N)cc2)CC1.Cc1cc(C)c(C(=O)N2CCC(c3ccc(C#N)cc3)CC2)cc1C=O.Nc1cnc(N2CCCC2)cc1N. The molecule has 7 aromatic rings. The number of imidazole rings is 1. The molecule has 4 saturated heterocycles. The smallest absolute Gasteiger partial charge is 0.254 e. The number of H-pyrrole nitrogens is 1. The molecule has 11 rings (SSSR count). The summed E-state index contributed by atoms with van der Waals surface area (Å²) in [6.45, 7) is 15.0. The molecule has 78 heavy (non-hydrogen) atoms. The summed E-state index contributed by atoms with van der Waals surface area (Å²) in [5.41, 5.74) is 24.8. The number of hydrogen-bond donors (Lipinski definition) is 3. The number of amides is 2. The zero-order chi connectivity index (χ0) is 54.2. The van der Waals surface area contributed by atoms with Crippen LogP contribution in [-0.4, -0.2) is 100 Å². The lowest BCUT2D eigenvalue weighted by Gasteiger charge is -2.32. The number of nitrogen functional groups attached to an aromatic ring is 2. The number of nitrogens with two attached hydrogens (primary N) is 2. The van der Waals surface area contributed by atoms with E-state index >= 15 is 0 Å². The molecule has 0 atom stereocenters. The fraction of sp³-hybridized carbons (Fsp3) is 0.365. The first-order valence-electron chi connectivity index (χ1n) is 26.9. The maximum Gasteiger partial charge on any atom is 0.254 e. The van der Waals surface area contributed by atoms with Gasteiger partial charge in [0.05, 0.1) is 58.1 Å². The van der Waals surface area contributed by atoms with Gasteiger partial charge in [0.2, 0.25) is 0 Å². The van der Waals surface area contributed by atoms with Crippen molar-refractivity contribution in [3.8, 4) is 23.5 Å². The predicted molar refractivity (Wildman–Crippen MR) is 311 cm³/mol. The van der Waals surface area contributed by atoms with Crippen LogP contribution in [0.15, 0.2) is 97.3 Å². The third kappa shape index (κ3) is 12.6. The van der Waals surface area contributed by atoms with Gasteiger partial charge in [0.1, 0.15) is 23.7 Å². The molecule has 0 unspecified atom stereocenters. The summed E-state index contributed by atoms with van der Waals surface area (Å²) in [6, 6.07) is 31.5. The number of hydrogen-bond acceptors (Lipinski definition) is 12. The Morgan fingerprint density at radius 3 is 1.53 bits per heavy atom. The third-order valence-corrected chi connectivity index (χ3v) is 15.8. The number of aromatic nitrogens is 4. The van der Waals surface area contributed by atoms with E-state index in [1.165, 1.54) is 36.8 Å². The molecule has 0 bridgehead atoms. The molecule has 0 aliphatic carbocycles. The van der Waals surface area contributed by atoms with Crippen LogP contribution in [0.1, 0.15) is 146 Å². The second kappa shape index (κ2) is 25.1. The Bertz CT molecular complexity index is 3350. The van der Waals surface area contributed by atoms with Crippen LogP contribution in [-0.2, 0) is 0 Å². The van der Waals surface area contributed by atoms with Crippen molar-refractivity contribution in [3.63, 3.8) is 0 Å². The number of benzene rings is 4. The van der Waals surface area contributed by atoms with E-state index in [0.29, 0.717) is 58.6 Å². The number of fused-ring (bicyclic) bond motifs is 1. The predicted octanol–water partition coefficient (Wildman–Crippen LogP) is 11.2. The maximum atomic E-state index is 13.6. The van der Waals surface area contributed by atoms with Gasteiger partial charge >= 0.3 is 0 Å². The molecule has 402 valence electrons. The van der Waals surface area contributed by atoms with Gasteiger partial charge < -0.3 is 36.1 Å². The molecular formula is C63H72N12O3. The van der Waals surface area contributed by atoms with E-state index in [1.807, 2.05) is 103 Å². The molecule has 0 radical (unpaired) electrons. The van der Waals surface area contributed by atoms with Crippen LogP contribution in [0, 0.1) is 50.4 Å². The minimum absolute atomic E-state index is 0. The lowest BCUT2D eigenvalue weighted by molar-refractivity contribution is 0.0704. The summed E-state index contributed by atoms with van der Waals surface area (Å²) >= 11 is 0. The van der Waals surface area contributed by atoms with Crippen LogP contribution in [0.3, 0.4) is 0 Å². The Hall–Kier alpha value is -8.56. The Balaban J connectivity index is 0.000000173. The fourth-order valence-electron chi connectivity index (χ4n) is 11.1. The standard InChI is InChI=1S/C31H32N6O.C22H22N2O2.C9H14N4.CH4/c1-20-15-21(2)26(31(38)37-13-9-24(10-14-37)23-7-5-22(18-32)6-8-23)16-25(20)30-34-27-17-29(33-19-28(27)35-30)36-11-3-4-12-36;1-15-11-16(2)21(12-20(15)14-25)22(26)24-9-7-19(8-10-24)18-5-3-17(13-23)4-6-18;10-7-5-9(12-6-8(7)11)13-3-1-2-4-13;/h5-8,15-17,19,24H,3-4,9-14H2,1-2H3,(H,34,35);3-6,11-12,14,19H,7-10H2,1-2H3;5-6H,1-4,11H2,(H2,10,12);1H4. The molecule has 5 N–H and O–H groups in total. The number of pyridine rings is 2. The number of aryl methyl sites for hydroxylation is 4. The van der Waals surface area contributed by atoms with Gasteiger partial charge in [-0.15, -0.1) is 0 Å². The zero-order valence-electron chi connectivity index (χ0n) is 44.7. The van der Waals surface area contributed by atoms with E-state index in [-0.39, 0.29) is 19.2 Å². The van der Waals surface area contributed by atoms with E-state index in [4.69, 9.17) is 27.0 Å². The highest BCUT2D eigenvalue weighted by Gasteiger charge is 2.28. The highest BCUT2D eigenvalue weighted by molar-refractivity contribution is 5.98. The Labute approximate surface area is 458 Å². The van der Waals surface area contributed by atoms with Crippen molar-refractivity contribution >= 4 is 52.1 Å². The van der Waals surface area contributed by atoms with Crippen LogP contribution in [0.25, 0.3) is 22.4 Å². The van der Waals surface area contributed by atoms with Crippen molar-refractivity contribution in [3.05, 3.63) is 159 Å². The summed E-state index contributed by atoms with van der Waals surface area (Å²) in [5.74, 6) is 3.61. The number of nitrogens with one attached hydrogen (secondary N) is 1. The number of carbonyl (C=O) groups excluding carboxylic acids is 3. The van der Waals surface area contributed by atoms with E-state index < -0.39 is 0 Å². The van der Waals surface area contributed by atoms with Gasteiger partial charge in [-0.1, -0.05) is 43.8 Å². The van der Waals surface area contributed by atoms with Gasteiger partial charge in [-0.3, -0.25) is 14.4 Å². The van der Waals surface area contributed by atoms with Crippen molar-refractivity contribution in [2.75, 3.05) is 73.6 Å². The summed E-state index contributed by atoms with van der Waals surface area (Å²) in [5, 5.41) is 18.0. The molecule has 2 amide bonds. The van der Waals surface area contributed by atoms with Crippen molar-refractivity contribution in [1.29, 1.82) is 10.5 Å². The lowest BCUT2D eigenvalue weighted by atomic mass is 9.88. The fourth-order valence-corrected chi connectivity index (χ4v) is 11.1. The highest BCUT2D eigenvalue weighted by atomic mass is 16.2. The topological polar surface area (TPSA) is 218 Å². The van der Waals surface area contributed by atoms with E-state index in [2.05, 4.69) is 55.9 Å². The van der Waals surface area contributed by atoms with Crippen LogP contribution in [0.2, 0.25) is 0 Å². The van der Waals surface area contributed by atoms with Gasteiger partial charge in [-0.2, -0.15) is 10.5 Å². The summed E-state index contributed by atoms with van der Waals surface area (Å²) in [6.07, 6.45) is 12.9. The summed E-state index contributed by atoms with van der Waals surface area (Å²) in [7, 11) is 0. The first-order chi connectivity index (χ1) is 37.3. The molecule has 15 heteroatoms. The van der Waals surface area contributed by atoms with Crippen molar-refractivity contribution in [2.45, 2.75) is 98.3 Å². The number of likely N-dealkylation sites (tertiary alicyclic amines) is 2. The maximum absolute atomic E-state index is 13.6. The first kappa shape index (κ1) is 55.7. The zero-order valence-corrected chi connectivity index (χ0v) is 44.7. The summed E-state index contributed by atoms with van der Waals surface area (Å²) in [4.78, 5) is 63.4. The largest absolute Gasteiger partial charge is 0.397 e. The van der Waals surface area contributed by atoms with Crippen LogP contribution in [0.4, 0.5) is 23.0 Å². The third-order valence-electron chi connectivity index (χ3n) is 15.8. The van der Waals surface area contributed by atoms with Crippen LogP contribution in [0.5, 0.6) is 0 Å². The van der Waals surface area contributed by atoms with Crippen molar-refractivity contribution in [1.82, 2.24) is 29.7 Å². The highest BCUT2D eigenvalue weighted by Crippen LogP contribution is 2.33. The molecule has 7 heterocycles. The molecule has 4 aliphatic heterocycles. The Kier molecular flexibility index (Phi) is 17.9. The summed E-state index contributed by atoms with van der Waals surface area (Å²) < 4.78 is 0. The monoisotopic (exact) mass is 1040 g/mol. The minimum atomic E-state index is 0. The van der Waals surface area contributed by atoms with Crippen LogP contribution >= 0.6 is 0 Å². The van der Waals surface area contributed by atoms with Gasteiger partial charge in [0.25, 0.3) is 11.8 Å². The van der Waals surface area contributed by atoms with Gasteiger partial charge in [0.15, 0.2) is 0 Å². The first-order valence-corrected chi connectivity index (χ1v) is 26.9. The average Bonchev–Trinajstić information content (AvgIpc) is 4.33. The molecule has 3 aromatic heterocycles. The van der Waals surface area contributed by atoms with E-state index in [0.717, 1.165) is 133 Å². The van der Waals surface area contributed by atoms with Crippen LogP contribution < -0.4 is 21.3 Å². The lowest BCUT2D eigenvalue weighted by Crippen LogP contribution is -2.38. The number of piperidine rings is 2. The number of carbonyl (C=O) groups is 3. The number of nitriles is 2. The Morgan fingerprint density at radius 1 is 0.590 bits per heavy atom. The molecule has 15 nitrogen and oxygen atoms in total. The van der Waals surface area contributed by atoms with Crippen molar-refractivity contribution < 1.29 is 14.4 Å². The molecular weight excluding hydrogens is 973 g/mol. The quantitative estimate of drug-likeness (QED) is 0.121. The number of rotatable bonds is 8. The normalized spacial score (nSPS) is 15.6. The number of nitrogens with zero attached hydrogens (tertiary/aromatic N) is 9. The van der Waals surface area contributed by atoms with E-state index in [9.17, 15) is 14.4 Å². The Morgan fingerprint density at radius 2 is 1.05 bits per heavy atom. The number of aromatic amines is 1. The molecule has 0 spiro atoms. The second-order valence-electron chi connectivity index (χ2n) is 20.9. The van der Waals surface area contributed by atoms with E-state index in [1.54, 1.807) is 12.3 Å². The molecule has 4 aromatic carbocycles. The van der Waals surface area contributed by atoms with Gasteiger partial charge in [-0.25, -0.2) is 15.0 Å². The minimum Gasteiger partial charge on any atom is -0.397 e. The average molecular weight is 1050 g/mol. The molecule has 4 aliphatic rings.